The van der Waals surface area contributed by atoms with Crippen molar-refractivity contribution in [1.82, 2.24) is 10.1 Å². The van der Waals surface area contributed by atoms with E-state index in [-0.39, 0.29) is 51.6 Å². The number of nitrogens with zero attached hydrogens (tertiary/aromatic N) is 1. The maximum absolute atomic E-state index is 12.4. The van der Waals surface area contributed by atoms with Crippen LogP contribution in [-0.4, -0.2) is 72.5 Å². The zero-order chi connectivity index (χ0) is 25.3. The lowest BCUT2D eigenvalue weighted by atomic mass is 9.60. The number of aryl methyl sites for hydroxylation is 1. The minimum atomic E-state index is -1.73. The molecular formula is C20H20B5N2O6P. The fourth-order valence-corrected chi connectivity index (χ4v) is 5.19. The summed E-state index contributed by atoms with van der Waals surface area (Å²) in [6.45, 7) is 5.72. The SMILES string of the molecule is [B]c1c([B])c([B])c2c(c1[B])OP(NC(C)C(=O)OC(C)C)B2OCc1cnc(C)c(O)c1C=O. The molecule has 0 saturated heterocycles. The molecule has 3 rings (SSSR count). The van der Waals surface area contributed by atoms with E-state index in [0.29, 0.717) is 23.0 Å². The summed E-state index contributed by atoms with van der Waals surface area (Å²) < 4.78 is 17.4. The normalized spacial score (nSPS) is 15.7. The van der Waals surface area contributed by atoms with Crippen molar-refractivity contribution in [3.05, 3.63) is 23.0 Å². The van der Waals surface area contributed by atoms with Gasteiger partial charge in [-0.1, -0.05) is 5.46 Å². The average Bonchev–Trinajstić information content (AvgIpc) is 3.14. The number of benzene rings is 1. The standard InChI is InChI=1S/C20H20B5N2O6P/c1-8(2)32-20(30)10(4)27-34-25(17-15(23)13(21)14(22)16(24)19(17)33-34)31-7-11-5-26-9(3)18(29)12(11)6-28/h5-6,8,10,27,29H,7H2,1-4H3. The molecule has 0 saturated carbocycles. The third-order valence-corrected chi connectivity index (χ3v) is 7.05. The quantitative estimate of drug-likeness (QED) is 0.191. The molecule has 0 aliphatic carbocycles. The van der Waals surface area contributed by atoms with Gasteiger partial charge in [-0.05, 0) is 33.2 Å². The predicted octanol–water partition coefficient (Wildman–Crippen LogP) is -2.37. The topological polar surface area (TPSA) is 107 Å². The molecular weight excluding hydrogens is 449 g/mol. The number of aromatic nitrogens is 1. The molecule has 8 nitrogen and oxygen atoms in total. The fourth-order valence-electron chi connectivity index (χ4n) is 3.32. The minimum Gasteiger partial charge on any atom is -0.505 e. The molecule has 2 unspecified atom stereocenters. The highest BCUT2D eigenvalue weighted by molar-refractivity contribution is 7.87. The lowest BCUT2D eigenvalue weighted by molar-refractivity contribution is -0.148. The number of ether oxygens (including phenoxy) is 1. The third-order valence-electron chi connectivity index (χ3n) is 5.20. The Labute approximate surface area is 205 Å². The number of aldehydes is 1. The van der Waals surface area contributed by atoms with Gasteiger partial charge in [0.15, 0.2) is 14.5 Å². The van der Waals surface area contributed by atoms with Crippen LogP contribution in [0, 0.1) is 6.92 Å². The molecule has 2 heterocycles. The first kappa shape index (κ1) is 26.4. The van der Waals surface area contributed by atoms with Gasteiger partial charge in [0.25, 0.3) is 0 Å². The van der Waals surface area contributed by atoms with E-state index in [2.05, 4.69) is 10.1 Å². The van der Waals surface area contributed by atoms with Gasteiger partial charge in [0.05, 0.1) is 24.0 Å². The van der Waals surface area contributed by atoms with E-state index in [1.54, 1.807) is 27.7 Å². The molecule has 14 heteroatoms. The first-order chi connectivity index (χ1) is 16.0. The second kappa shape index (κ2) is 10.6. The van der Waals surface area contributed by atoms with Crippen LogP contribution in [0.2, 0.25) is 0 Å². The molecule has 0 bridgehead atoms. The van der Waals surface area contributed by atoms with E-state index < -0.39 is 26.8 Å². The number of hydrogen-bond acceptors (Lipinski definition) is 8. The lowest BCUT2D eigenvalue weighted by Gasteiger charge is -2.22. The highest BCUT2D eigenvalue weighted by atomic mass is 31.1. The van der Waals surface area contributed by atoms with E-state index in [4.69, 9.17) is 45.3 Å². The molecule has 1 aromatic heterocycles. The number of aromatic hydroxyl groups is 1. The number of pyridine rings is 1. The summed E-state index contributed by atoms with van der Waals surface area (Å²) in [6, 6.07) is -0.748. The van der Waals surface area contributed by atoms with Crippen molar-refractivity contribution in [3.63, 3.8) is 0 Å². The summed E-state index contributed by atoms with van der Waals surface area (Å²) in [6.07, 6.45) is 1.66. The predicted molar refractivity (Wildman–Crippen MR) is 136 cm³/mol. The number of carbonyl (C=O) groups excluding carboxylic acids is 2. The maximum atomic E-state index is 12.4. The smallest absolute Gasteiger partial charge is 0.423 e. The Bertz CT molecular complexity index is 1140. The van der Waals surface area contributed by atoms with Crippen LogP contribution in [0.4, 0.5) is 0 Å². The summed E-state index contributed by atoms with van der Waals surface area (Å²) in [5.74, 6) is -0.505. The van der Waals surface area contributed by atoms with Crippen molar-refractivity contribution < 1.29 is 28.6 Å². The van der Waals surface area contributed by atoms with Crippen molar-refractivity contribution in [2.24, 2.45) is 0 Å². The first-order valence-corrected chi connectivity index (χ1v) is 11.7. The molecule has 0 spiro atoms. The highest BCUT2D eigenvalue weighted by Gasteiger charge is 2.45. The van der Waals surface area contributed by atoms with Crippen LogP contribution in [0.5, 0.6) is 11.5 Å². The van der Waals surface area contributed by atoms with Gasteiger partial charge in [-0.2, -0.15) is 0 Å². The van der Waals surface area contributed by atoms with E-state index in [0.717, 1.165) is 0 Å². The summed E-state index contributed by atoms with van der Waals surface area (Å²) in [7, 11) is 22.7. The van der Waals surface area contributed by atoms with Crippen LogP contribution in [0.3, 0.4) is 0 Å². The maximum Gasteiger partial charge on any atom is 0.423 e. The van der Waals surface area contributed by atoms with Gasteiger partial charge in [-0.25, -0.2) is 0 Å². The lowest BCUT2D eigenvalue weighted by Crippen LogP contribution is -2.56. The zero-order valence-corrected chi connectivity index (χ0v) is 20.2. The fraction of sp³-hybridized carbons (Fsp3) is 0.350. The van der Waals surface area contributed by atoms with Crippen molar-refractivity contribution >= 4 is 85.8 Å². The van der Waals surface area contributed by atoms with Gasteiger partial charge in [-0.15, -0.1) is 16.4 Å². The average molecular weight is 469 g/mol. The van der Waals surface area contributed by atoms with Gasteiger partial charge in [0.2, 0.25) is 0 Å². The van der Waals surface area contributed by atoms with Crippen LogP contribution in [0.15, 0.2) is 6.20 Å². The molecule has 166 valence electrons. The second-order valence-corrected chi connectivity index (χ2v) is 9.62. The number of fused-ring (bicyclic) bond motifs is 1. The van der Waals surface area contributed by atoms with Crippen LogP contribution >= 0.6 is 8.18 Å². The van der Waals surface area contributed by atoms with E-state index in [9.17, 15) is 14.7 Å². The molecule has 2 aromatic rings. The number of nitrogens with one attached hydrogen (secondary N) is 1. The summed E-state index contributed by atoms with van der Waals surface area (Å²) in [5.41, 5.74) is 1.49. The van der Waals surface area contributed by atoms with Crippen molar-refractivity contribution in [1.29, 1.82) is 0 Å². The molecule has 1 aliphatic rings. The summed E-state index contributed by atoms with van der Waals surface area (Å²) >= 11 is 0. The van der Waals surface area contributed by atoms with Crippen LogP contribution in [0.25, 0.3) is 0 Å². The van der Waals surface area contributed by atoms with Gasteiger partial charge >= 0.3 is 12.6 Å². The monoisotopic (exact) mass is 470 g/mol. The van der Waals surface area contributed by atoms with Gasteiger partial charge in [0, 0.05) is 11.8 Å². The Hall–Kier alpha value is -2.22. The summed E-state index contributed by atoms with van der Waals surface area (Å²) in [5, 5.41) is 13.3. The zero-order valence-electron chi connectivity index (χ0n) is 19.3. The van der Waals surface area contributed by atoms with Crippen molar-refractivity contribution in [3.8, 4) is 11.5 Å². The molecule has 2 atom stereocenters. The van der Waals surface area contributed by atoms with Gasteiger partial charge in [0.1, 0.15) is 48.9 Å². The first-order valence-electron chi connectivity index (χ1n) is 10.4. The number of hydrogen-bond donors (Lipinski definition) is 2. The molecule has 2 N–H and O–H groups in total. The van der Waals surface area contributed by atoms with Gasteiger partial charge in [-0.3, -0.25) is 19.7 Å². The van der Waals surface area contributed by atoms with E-state index in [1.807, 2.05) is 0 Å². The number of carbonyl (C=O) groups is 2. The number of esters is 1. The Balaban J connectivity index is 1.96. The van der Waals surface area contributed by atoms with Gasteiger partial charge < -0.3 is 19.0 Å². The van der Waals surface area contributed by atoms with Crippen LogP contribution in [0.1, 0.15) is 42.4 Å². The molecule has 1 aromatic carbocycles. The molecule has 0 fully saturated rings. The summed E-state index contributed by atoms with van der Waals surface area (Å²) in [4.78, 5) is 28.0. The van der Waals surface area contributed by atoms with Crippen molar-refractivity contribution in [2.75, 3.05) is 0 Å². The minimum absolute atomic E-state index is 0.0575. The molecule has 34 heavy (non-hydrogen) atoms. The Morgan fingerprint density at radius 2 is 1.88 bits per heavy atom. The molecule has 8 radical (unpaired) electrons. The Kier molecular flexibility index (Phi) is 8.22. The Morgan fingerprint density at radius 3 is 2.50 bits per heavy atom. The second-order valence-electron chi connectivity index (χ2n) is 8.06. The van der Waals surface area contributed by atoms with Crippen LogP contribution in [-0.2, 0) is 20.8 Å². The third kappa shape index (κ3) is 5.07. The molecule has 1 aliphatic heterocycles. The van der Waals surface area contributed by atoms with Crippen LogP contribution < -0.4 is 36.9 Å². The van der Waals surface area contributed by atoms with E-state index >= 15 is 0 Å². The number of rotatable bonds is 8. The van der Waals surface area contributed by atoms with E-state index in [1.165, 1.54) is 6.20 Å². The molecule has 0 amide bonds. The van der Waals surface area contributed by atoms with Crippen molar-refractivity contribution in [2.45, 2.75) is 46.4 Å². The largest absolute Gasteiger partial charge is 0.505 e. The Morgan fingerprint density at radius 1 is 1.24 bits per heavy atom. The highest BCUT2D eigenvalue weighted by Crippen LogP contribution is 2.43.